The maximum Gasteiger partial charge on any atom is 0.00695 e. The average Bonchev–Trinajstić information content (AvgIpc) is 3.53. The van der Waals surface area contributed by atoms with E-state index in [-0.39, 0.29) is 0 Å². The highest BCUT2D eigenvalue weighted by molar-refractivity contribution is 7.68. The smallest absolute Gasteiger partial charge is 0.00695 e. The van der Waals surface area contributed by atoms with Crippen LogP contribution in [0.25, 0.3) is 0 Å². The fourth-order valence-corrected chi connectivity index (χ4v) is 24.0. The Morgan fingerprint density at radius 1 is 0.737 bits per heavy atom. The molecule has 0 amide bonds. The molecule has 1 nitrogen and oxygen atoms in total. The molecule has 11 aliphatic carbocycles. The van der Waals surface area contributed by atoms with Crippen LogP contribution in [-0.2, 0) is 0 Å². The van der Waals surface area contributed by atoms with Gasteiger partial charge < -0.3 is 5.16 Å². The Labute approximate surface area is 233 Å². The first kappa shape index (κ1) is 23.8. The lowest BCUT2D eigenvalue weighted by Crippen LogP contribution is -2.60. The second-order valence-corrected chi connectivity index (χ2v) is 23.9. The molecule has 0 aromatic carbocycles. The molecule has 2 spiro atoms. The molecule has 11 aliphatic rings. The molecule has 0 aliphatic heterocycles. The Bertz CT molecular complexity index is 1170. The molecule has 11 fully saturated rings. The maximum atomic E-state index is 11.3. The molecular weight excluding hydrogens is 477 g/mol. The Balaban J connectivity index is 1.05. The van der Waals surface area contributed by atoms with Crippen molar-refractivity contribution in [2.45, 2.75) is 147 Å². The summed E-state index contributed by atoms with van der Waals surface area (Å²) in [5.74, 6) is 7.21. The minimum absolute atomic E-state index is 0.434. The van der Waals surface area contributed by atoms with Gasteiger partial charge in [0.1, 0.15) is 0 Å². The molecule has 0 aromatic heterocycles. The van der Waals surface area contributed by atoms with Crippen LogP contribution in [0, 0.1) is 73.7 Å². The summed E-state index contributed by atoms with van der Waals surface area (Å²) in [7, 11) is -1.86. The average molecular weight is 534 g/mol. The van der Waals surface area contributed by atoms with Crippen molar-refractivity contribution in [2.75, 3.05) is 6.16 Å². The van der Waals surface area contributed by atoms with E-state index in [1.165, 1.54) is 83.2 Å². The highest BCUT2D eigenvalue weighted by Crippen LogP contribution is 2.94. The summed E-state index contributed by atoms with van der Waals surface area (Å²) < 4.78 is 0. The van der Waals surface area contributed by atoms with E-state index < -0.39 is 7.05 Å². The zero-order chi connectivity index (χ0) is 25.8. The van der Waals surface area contributed by atoms with Gasteiger partial charge in [-0.3, -0.25) is 0 Å². The molecule has 0 aromatic rings. The van der Waals surface area contributed by atoms with Crippen molar-refractivity contribution < 1.29 is 0 Å². The van der Waals surface area contributed by atoms with Crippen LogP contribution in [0.15, 0.2) is 0 Å². The summed E-state index contributed by atoms with van der Waals surface area (Å²) in [6.07, 6.45) is 27.3. The van der Waals surface area contributed by atoms with Gasteiger partial charge in [0.05, 0.1) is 0 Å². The predicted molar refractivity (Wildman–Crippen MR) is 158 cm³/mol. The van der Waals surface area contributed by atoms with Gasteiger partial charge in [0.25, 0.3) is 0 Å². The maximum absolute atomic E-state index is 11.3. The predicted octanol–water partition coefficient (Wildman–Crippen LogP) is 10.3. The van der Waals surface area contributed by atoms with Crippen molar-refractivity contribution in [1.29, 1.82) is 5.16 Å². The van der Waals surface area contributed by atoms with Gasteiger partial charge in [-0.1, -0.05) is 40.5 Å². The number of rotatable bonds is 5. The molecule has 2 heteroatoms. The van der Waals surface area contributed by atoms with Crippen molar-refractivity contribution in [3.05, 3.63) is 0 Å². The SMILES string of the molecule is CC1CC2CC3(P(=N)(CCC4CC45CC4CCCC45)C45CC6CC(C)(CC(C)(C6)C4)C5)CC2C12CC2(C)C3. The van der Waals surface area contributed by atoms with E-state index in [9.17, 15) is 5.16 Å². The highest BCUT2D eigenvalue weighted by Gasteiger charge is 2.83. The molecular formula is C36H56NP. The Morgan fingerprint density at radius 3 is 2.26 bits per heavy atom. The Hall–Kier alpha value is 0.230. The molecule has 11 rings (SSSR count). The largest absolute Gasteiger partial charge is 0.317 e. The van der Waals surface area contributed by atoms with E-state index in [0.29, 0.717) is 32.0 Å². The van der Waals surface area contributed by atoms with Gasteiger partial charge >= 0.3 is 0 Å². The van der Waals surface area contributed by atoms with Crippen LogP contribution in [-0.4, -0.2) is 16.5 Å². The molecule has 1 N–H and O–H groups in total. The first-order valence-electron chi connectivity index (χ1n) is 17.5. The van der Waals surface area contributed by atoms with E-state index in [1.54, 1.807) is 32.1 Å². The van der Waals surface area contributed by atoms with Gasteiger partial charge in [0.2, 0.25) is 0 Å². The van der Waals surface area contributed by atoms with Crippen molar-refractivity contribution in [3.8, 4) is 0 Å². The normalized spacial score (nSPS) is 68.9. The Kier molecular flexibility index (Phi) is 4.01. The van der Waals surface area contributed by atoms with E-state index in [0.717, 1.165) is 46.8 Å². The van der Waals surface area contributed by atoms with Gasteiger partial charge in [0.15, 0.2) is 0 Å². The molecule has 6 bridgehead atoms. The van der Waals surface area contributed by atoms with Gasteiger partial charge in [-0.15, -0.1) is 0 Å². The van der Waals surface area contributed by atoms with Crippen LogP contribution in [0.1, 0.15) is 137 Å². The summed E-state index contributed by atoms with van der Waals surface area (Å²) in [6, 6.07) is 0. The quantitative estimate of drug-likeness (QED) is 0.340. The molecule has 0 radical (unpaired) electrons. The Morgan fingerprint density at radius 2 is 1.53 bits per heavy atom. The second-order valence-electron chi connectivity index (χ2n) is 19.9. The number of fused-ring (bicyclic) bond motifs is 3. The third-order valence-corrected chi connectivity index (χ3v) is 22.9. The molecule has 11 saturated carbocycles. The van der Waals surface area contributed by atoms with Gasteiger partial charge in [-0.05, 0) is 178 Å². The fraction of sp³-hybridized carbons (Fsp3) is 1.00. The van der Waals surface area contributed by atoms with Crippen LogP contribution < -0.4 is 0 Å². The lowest BCUT2D eigenvalue weighted by molar-refractivity contribution is -0.0813. The molecule has 0 saturated heterocycles. The van der Waals surface area contributed by atoms with Crippen molar-refractivity contribution in [2.24, 2.45) is 68.5 Å². The van der Waals surface area contributed by atoms with E-state index in [2.05, 4.69) is 27.7 Å². The minimum Gasteiger partial charge on any atom is -0.317 e. The first-order valence-corrected chi connectivity index (χ1v) is 19.5. The number of nitrogens with one attached hydrogen (secondary N) is 1. The lowest BCUT2D eigenvalue weighted by Gasteiger charge is -2.70. The third-order valence-electron chi connectivity index (χ3n) is 17.8. The van der Waals surface area contributed by atoms with Gasteiger partial charge in [-0.25, -0.2) is 0 Å². The second kappa shape index (κ2) is 6.42. The zero-order valence-electron chi connectivity index (χ0n) is 25.2. The van der Waals surface area contributed by atoms with Gasteiger partial charge in [-0.2, -0.15) is 0 Å². The van der Waals surface area contributed by atoms with Crippen LogP contribution >= 0.6 is 7.05 Å². The highest BCUT2D eigenvalue weighted by atomic mass is 31.2. The molecule has 0 heterocycles. The number of hydrogen-bond donors (Lipinski definition) is 1. The van der Waals surface area contributed by atoms with Crippen molar-refractivity contribution in [1.82, 2.24) is 0 Å². The summed E-state index contributed by atoms with van der Waals surface area (Å²) >= 11 is 0. The molecule has 13 unspecified atom stereocenters. The van der Waals surface area contributed by atoms with Crippen LogP contribution in [0.3, 0.4) is 0 Å². The standard InChI is InChI=1S/C36H56NP/c1-23-10-26-14-33(17-29(26)36(23)22-32(36,4)21-33)38(37,9-8-27-16-35(27)15-25-6-5-7-28(25)35)34-13-24-11-30(2,19-34)18-31(3,12-24)20-34/h23-29,37H,5-22H2,1-4H3. The fourth-order valence-electron chi connectivity index (χ4n) is 17.8. The first-order chi connectivity index (χ1) is 17.9. The monoisotopic (exact) mass is 533 g/mol. The van der Waals surface area contributed by atoms with E-state index in [1.807, 2.05) is 0 Å². The summed E-state index contributed by atoms with van der Waals surface area (Å²) in [4.78, 5) is 0. The van der Waals surface area contributed by atoms with E-state index >= 15 is 0 Å². The zero-order valence-corrected chi connectivity index (χ0v) is 26.1. The van der Waals surface area contributed by atoms with Crippen LogP contribution in [0.4, 0.5) is 0 Å². The minimum atomic E-state index is -1.86. The van der Waals surface area contributed by atoms with E-state index in [4.69, 9.17) is 0 Å². The van der Waals surface area contributed by atoms with Crippen molar-refractivity contribution in [3.63, 3.8) is 0 Å². The third kappa shape index (κ3) is 2.42. The topological polar surface area (TPSA) is 23.9 Å². The van der Waals surface area contributed by atoms with Crippen LogP contribution in [0.2, 0.25) is 0 Å². The molecule has 13 atom stereocenters. The number of hydrogen-bond acceptors (Lipinski definition) is 1. The van der Waals surface area contributed by atoms with Crippen molar-refractivity contribution >= 4 is 7.05 Å². The van der Waals surface area contributed by atoms with Crippen LogP contribution in [0.5, 0.6) is 0 Å². The summed E-state index contributed by atoms with van der Waals surface area (Å²) in [5, 5.41) is 12.2. The summed E-state index contributed by atoms with van der Waals surface area (Å²) in [6.45, 7) is 10.8. The summed E-state index contributed by atoms with van der Waals surface area (Å²) in [5.41, 5.74) is 3.25. The lowest BCUT2D eigenvalue weighted by atomic mass is 9.45. The molecule has 38 heavy (non-hydrogen) atoms. The molecule has 210 valence electrons. The van der Waals surface area contributed by atoms with Gasteiger partial charge in [0, 0.05) is 10.3 Å².